The van der Waals surface area contributed by atoms with E-state index in [0.717, 1.165) is 14.8 Å². The van der Waals surface area contributed by atoms with Crippen molar-refractivity contribution < 1.29 is 14.3 Å². The van der Waals surface area contributed by atoms with Crippen molar-refractivity contribution in [3.8, 4) is 5.75 Å². The topological polar surface area (TPSA) is 98.5 Å². The van der Waals surface area contributed by atoms with Crippen molar-refractivity contribution in [1.82, 2.24) is 19.7 Å². The standard InChI is InChI=1S/C20H19N5O4/c1-29-16-9-5-8-15(10-16)23-12-17-22-24(20(28)25(17)19(23)27)13-18(26)21-11-14-6-3-2-4-7-14/h2-10H,11-13H2,1H3,(H,21,26). The molecule has 0 radical (unpaired) electrons. The van der Waals surface area contributed by atoms with Crippen LogP contribution in [0.1, 0.15) is 11.4 Å². The molecular formula is C20H19N5O4. The average Bonchev–Trinajstić information content (AvgIpc) is 3.23. The zero-order valence-corrected chi connectivity index (χ0v) is 15.7. The zero-order valence-electron chi connectivity index (χ0n) is 15.7. The molecule has 0 spiro atoms. The van der Waals surface area contributed by atoms with Crippen molar-refractivity contribution >= 4 is 17.6 Å². The van der Waals surface area contributed by atoms with E-state index in [-0.39, 0.29) is 19.0 Å². The smallest absolute Gasteiger partial charge is 0.354 e. The molecule has 0 atom stereocenters. The lowest BCUT2D eigenvalue weighted by Gasteiger charge is -2.15. The van der Waals surface area contributed by atoms with Gasteiger partial charge in [-0.15, -0.1) is 0 Å². The Morgan fingerprint density at radius 3 is 2.66 bits per heavy atom. The van der Waals surface area contributed by atoms with Crippen LogP contribution in [0.15, 0.2) is 59.4 Å². The van der Waals surface area contributed by atoms with E-state index in [1.807, 2.05) is 30.3 Å². The Labute approximate surface area is 166 Å². The highest BCUT2D eigenvalue weighted by Gasteiger charge is 2.33. The predicted octanol–water partition coefficient (Wildman–Crippen LogP) is 1.36. The van der Waals surface area contributed by atoms with Gasteiger partial charge in [0.2, 0.25) is 5.91 Å². The summed E-state index contributed by atoms with van der Waals surface area (Å²) in [5.74, 6) is 0.538. The lowest BCUT2D eigenvalue weighted by atomic mass is 10.2. The molecule has 2 heterocycles. The largest absolute Gasteiger partial charge is 0.497 e. The molecule has 1 aliphatic rings. The number of nitrogens with one attached hydrogen (secondary N) is 1. The third-order valence-electron chi connectivity index (χ3n) is 4.62. The van der Waals surface area contributed by atoms with Crippen LogP contribution in [0.4, 0.5) is 10.5 Å². The number of fused-ring (bicyclic) bond motifs is 1. The molecule has 0 fully saturated rings. The summed E-state index contributed by atoms with van der Waals surface area (Å²) in [6.07, 6.45) is 0. The fourth-order valence-electron chi connectivity index (χ4n) is 3.15. The Kier molecular flexibility index (Phi) is 4.86. The van der Waals surface area contributed by atoms with Gasteiger partial charge in [-0.05, 0) is 17.7 Å². The summed E-state index contributed by atoms with van der Waals surface area (Å²) in [7, 11) is 1.54. The molecule has 4 rings (SSSR count). The van der Waals surface area contributed by atoms with Crippen LogP contribution in [0.3, 0.4) is 0 Å². The Hall–Kier alpha value is -3.88. The maximum absolute atomic E-state index is 12.7. The van der Waals surface area contributed by atoms with Gasteiger partial charge < -0.3 is 10.1 Å². The number of ether oxygens (including phenoxy) is 1. The summed E-state index contributed by atoms with van der Waals surface area (Å²) >= 11 is 0. The molecule has 1 N–H and O–H groups in total. The predicted molar refractivity (Wildman–Crippen MR) is 105 cm³/mol. The van der Waals surface area contributed by atoms with Crippen molar-refractivity contribution in [2.24, 2.45) is 0 Å². The Morgan fingerprint density at radius 1 is 1.14 bits per heavy atom. The number of nitrogens with zero attached hydrogens (tertiary/aromatic N) is 4. The lowest BCUT2D eigenvalue weighted by Crippen LogP contribution is -2.37. The van der Waals surface area contributed by atoms with Crippen LogP contribution in [0, 0.1) is 0 Å². The third-order valence-corrected chi connectivity index (χ3v) is 4.62. The summed E-state index contributed by atoms with van der Waals surface area (Å²) in [6, 6.07) is 15.9. The zero-order chi connectivity index (χ0) is 20.4. The molecular weight excluding hydrogens is 374 g/mol. The van der Waals surface area contributed by atoms with Gasteiger partial charge in [-0.3, -0.25) is 9.69 Å². The second kappa shape index (κ2) is 7.63. The van der Waals surface area contributed by atoms with Crippen LogP contribution >= 0.6 is 0 Å². The Bertz CT molecular complexity index is 1120. The summed E-state index contributed by atoms with van der Waals surface area (Å²) in [4.78, 5) is 38.9. The normalized spacial score (nSPS) is 12.7. The molecule has 29 heavy (non-hydrogen) atoms. The molecule has 0 saturated carbocycles. The van der Waals surface area contributed by atoms with Gasteiger partial charge >= 0.3 is 11.7 Å². The van der Waals surface area contributed by atoms with Crippen LogP contribution in [0.5, 0.6) is 5.75 Å². The van der Waals surface area contributed by atoms with Gasteiger partial charge in [0, 0.05) is 18.3 Å². The van der Waals surface area contributed by atoms with E-state index in [9.17, 15) is 14.4 Å². The number of benzene rings is 2. The van der Waals surface area contributed by atoms with Crippen molar-refractivity contribution in [2.45, 2.75) is 19.6 Å². The van der Waals surface area contributed by atoms with Crippen LogP contribution in [-0.2, 0) is 24.4 Å². The Morgan fingerprint density at radius 2 is 1.93 bits per heavy atom. The molecule has 1 aromatic heterocycles. The van der Waals surface area contributed by atoms with E-state index in [4.69, 9.17) is 4.74 Å². The minimum Gasteiger partial charge on any atom is -0.497 e. The van der Waals surface area contributed by atoms with Crippen LogP contribution < -0.4 is 20.6 Å². The molecule has 9 nitrogen and oxygen atoms in total. The number of aromatic nitrogens is 3. The number of amides is 2. The van der Waals surface area contributed by atoms with E-state index in [1.54, 1.807) is 24.3 Å². The van der Waals surface area contributed by atoms with Crippen molar-refractivity contribution in [3.05, 3.63) is 76.5 Å². The molecule has 3 aromatic rings. The highest BCUT2D eigenvalue weighted by atomic mass is 16.5. The summed E-state index contributed by atoms with van der Waals surface area (Å²) < 4.78 is 7.18. The molecule has 0 saturated heterocycles. The van der Waals surface area contributed by atoms with Gasteiger partial charge in [-0.25, -0.2) is 14.3 Å². The van der Waals surface area contributed by atoms with Gasteiger partial charge in [0.1, 0.15) is 12.3 Å². The van der Waals surface area contributed by atoms with E-state index in [1.165, 1.54) is 12.0 Å². The molecule has 148 valence electrons. The molecule has 2 aromatic carbocycles. The van der Waals surface area contributed by atoms with Gasteiger partial charge in [-0.1, -0.05) is 36.4 Å². The van der Waals surface area contributed by atoms with E-state index < -0.39 is 11.7 Å². The van der Waals surface area contributed by atoms with E-state index in [0.29, 0.717) is 23.8 Å². The van der Waals surface area contributed by atoms with E-state index >= 15 is 0 Å². The monoisotopic (exact) mass is 393 g/mol. The van der Waals surface area contributed by atoms with Crippen molar-refractivity contribution in [2.75, 3.05) is 12.0 Å². The van der Waals surface area contributed by atoms with Crippen LogP contribution in [-0.4, -0.2) is 33.4 Å². The first-order chi connectivity index (χ1) is 14.1. The highest BCUT2D eigenvalue weighted by Crippen LogP contribution is 2.25. The average molecular weight is 393 g/mol. The van der Waals surface area contributed by atoms with Crippen molar-refractivity contribution in [3.63, 3.8) is 0 Å². The number of methoxy groups -OCH3 is 1. The quantitative estimate of drug-likeness (QED) is 0.682. The maximum Gasteiger partial charge on any atom is 0.354 e. The highest BCUT2D eigenvalue weighted by molar-refractivity contribution is 5.96. The molecule has 0 bridgehead atoms. The lowest BCUT2D eigenvalue weighted by molar-refractivity contribution is -0.122. The number of carbonyl (C=O) groups is 2. The molecule has 2 amide bonds. The number of hydrogen-bond donors (Lipinski definition) is 1. The first-order valence-electron chi connectivity index (χ1n) is 9.02. The third kappa shape index (κ3) is 3.62. The molecule has 0 aliphatic carbocycles. The number of hydrogen-bond acceptors (Lipinski definition) is 5. The van der Waals surface area contributed by atoms with E-state index in [2.05, 4.69) is 10.4 Å². The summed E-state index contributed by atoms with van der Waals surface area (Å²) in [5.41, 5.74) is 0.918. The first kappa shape index (κ1) is 18.5. The minimum absolute atomic E-state index is 0.139. The van der Waals surface area contributed by atoms with Gasteiger partial charge in [0.05, 0.1) is 13.7 Å². The molecule has 1 aliphatic heterocycles. The summed E-state index contributed by atoms with van der Waals surface area (Å²) in [5, 5.41) is 6.91. The maximum atomic E-state index is 12.7. The van der Waals surface area contributed by atoms with Gasteiger partial charge in [-0.2, -0.15) is 9.67 Å². The second-order valence-electron chi connectivity index (χ2n) is 6.52. The number of anilines is 1. The van der Waals surface area contributed by atoms with Crippen molar-refractivity contribution in [1.29, 1.82) is 0 Å². The van der Waals surface area contributed by atoms with Crippen LogP contribution in [0.25, 0.3) is 0 Å². The first-order valence-corrected chi connectivity index (χ1v) is 9.02. The Balaban J connectivity index is 1.46. The van der Waals surface area contributed by atoms with Gasteiger partial charge in [0.25, 0.3) is 0 Å². The van der Waals surface area contributed by atoms with Crippen LogP contribution in [0.2, 0.25) is 0 Å². The number of carbonyl (C=O) groups excluding carboxylic acids is 2. The molecule has 9 heteroatoms. The minimum atomic E-state index is -0.634. The van der Waals surface area contributed by atoms with Gasteiger partial charge in [0.15, 0.2) is 5.82 Å². The fourth-order valence-corrected chi connectivity index (χ4v) is 3.15. The SMILES string of the molecule is COc1cccc(N2Cc3nn(CC(=O)NCc4ccccc4)c(=O)n3C2=O)c1. The fraction of sp³-hybridized carbons (Fsp3) is 0.200. The number of rotatable bonds is 6. The summed E-state index contributed by atoms with van der Waals surface area (Å²) in [6.45, 7) is 0.239. The second-order valence-corrected chi connectivity index (χ2v) is 6.52. The molecule has 0 unspecified atom stereocenters.